The average Bonchev–Trinajstić information content (AvgIpc) is 2.47. The van der Waals surface area contributed by atoms with Gasteiger partial charge in [0.05, 0.1) is 17.5 Å². The zero-order valence-electron chi connectivity index (χ0n) is 11.3. The highest BCUT2D eigenvalue weighted by Gasteiger charge is 2.05. The van der Waals surface area contributed by atoms with Gasteiger partial charge < -0.3 is 11.1 Å². The van der Waals surface area contributed by atoms with Crippen molar-refractivity contribution in [3.8, 4) is 0 Å². The summed E-state index contributed by atoms with van der Waals surface area (Å²) in [4.78, 5) is 20.4. The number of hydrogen-bond donors (Lipinski definition) is 2. The zero-order chi connectivity index (χ0) is 14.7. The molecule has 1 amide bonds. The predicted molar refractivity (Wildman–Crippen MR) is 82.7 cm³/mol. The minimum atomic E-state index is -0.0937. The first-order valence-corrected chi connectivity index (χ1v) is 6.56. The molecule has 3 aromatic rings. The lowest BCUT2D eigenvalue weighted by molar-refractivity contribution is -0.115. The zero-order valence-corrected chi connectivity index (χ0v) is 11.3. The summed E-state index contributed by atoms with van der Waals surface area (Å²) in [6.45, 7) is 0. The SMILES string of the molecule is Nc1cccc(CC(=O)Nc2ccc3nccnc3c2)c1. The van der Waals surface area contributed by atoms with Crippen LogP contribution in [0.25, 0.3) is 11.0 Å². The predicted octanol–water partition coefficient (Wildman–Crippen LogP) is 2.39. The maximum Gasteiger partial charge on any atom is 0.228 e. The topological polar surface area (TPSA) is 80.9 Å². The van der Waals surface area contributed by atoms with Gasteiger partial charge in [-0.1, -0.05) is 12.1 Å². The molecule has 0 atom stereocenters. The third-order valence-corrected chi connectivity index (χ3v) is 3.07. The van der Waals surface area contributed by atoms with Gasteiger partial charge in [-0.15, -0.1) is 0 Å². The number of amides is 1. The van der Waals surface area contributed by atoms with Gasteiger partial charge in [0.2, 0.25) is 5.91 Å². The average molecular weight is 278 g/mol. The number of anilines is 2. The second-order valence-electron chi connectivity index (χ2n) is 4.73. The van der Waals surface area contributed by atoms with E-state index >= 15 is 0 Å². The van der Waals surface area contributed by atoms with Crippen LogP contribution in [0.4, 0.5) is 11.4 Å². The molecule has 3 rings (SSSR count). The van der Waals surface area contributed by atoms with Crippen LogP contribution in [0, 0.1) is 0 Å². The van der Waals surface area contributed by atoms with Gasteiger partial charge in [-0.2, -0.15) is 0 Å². The molecule has 0 bridgehead atoms. The van der Waals surface area contributed by atoms with E-state index in [1.807, 2.05) is 24.3 Å². The number of rotatable bonds is 3. The molecule has 0 aliphatic carbocycles. The van der Waals surface area contributed by atoms with Gasteiger partial charge in [0.1, 0.15) is 0 Å². The Morgan fingerprint density at radius 2 is 1.86 bits per heavy atom. The summed E-state index contributed by atoms with van der Waals surface area (Å²) >= 11 is 0. The van der Waals surface area contributed by atoms with Crippen LogP contribution in [0.5, 0.6) is 0 Å². The molecule has 0 aliphatic heterocycles. The maximum absolute atomic E-state index is 12.0. The van der Waals surface area contributed by atoms with Crippen LogP contribution in [0.3, 0.4) is 0 Å². The molecule has 0 unspecified atom stereocenters. The number of nitrogens with one attached hydrogen (secondary N) is 1. The summed E-state index contributed by atoms with van der Waals surface area (Å²) in [5.41, 5.74) is 9.49. The van der Waals surface area contributed by atoms with Crippen LogP contribution in [-0.2, 0) is 11.2 Å². The Labute approximate surface area is 121 Å². The first-order chi connectivity index (χ1) is 10.2. The number of nitrogens with zero attached hydrogens (tertiary/aromatic N) is 2. The highest BCUT2D eigenvalue weighted by Crippen LogP contribution is 2.15. The Morgan fingerprint density at radius 1 is 1.05 bits per heavy atom. The minimum Gasteiger partial charge on any atom is -0.399 e. The molecule has 0 radical (unpaired) electrons. The summed E-state index contributed by atoms with van der Waals surface area (Å²) in [6.07, 6.45) is 3.55. The lowest BCUT2D eigenvalue weighted by Gasteiger charge is -2.06. The first-order valence-electron chi connectivity index (χ1n) is 6.56. The van der Waals surface area contributed by atoms with Gasteiger partial charge in [-0.05, 0) is 35.9 Å². The van der Waals surface area contributed by atoms with E-state index in [9.17, 15) is 4.79 Å². The molecule has 0 aliphatic rings. The number of carbonyl (C=O) groups is 1. The monoisotopic (exact) mass is 278 g/mol. The van der Waals surface area contributed by atoms with Crippen molar-refractivity contribution in [3.05, 3.63) is 60.4 Å². The summed E-state index contributed by atoms with van der Waals surface area (Å²) in [6, 6.07) is 12.8. The van der Waals surface area contributed by atoms with Crippen molar-refractivity contribution in [2.45, 2.75) is 6.42 Å². The Kier molecular flexibility index (Phi) is 3.47. The normalized spacial score (nSPS) is 10.5. The number of nitrogen functional groups attached to an aromatic ring is 1. The second kappa shape index (κ2) is 5.58. The van der Waals surface area contributed by atoms with Crippen LogP contribution in [-0.4, -0.2) is 15.9 Å². The highest BCUT2D eigenvalue weighted by molar-refractivity contribution is 5.94. The molecular weight excluding hydrogens is 264 g/mol. The van der Waals surface area contributed by atoms with E-state index in [4.69, 9.17) is 5.73 Å². The number of carbonyl (C=O) groups excluding carboxylic acids is 1. The van der Waals surface area contributed by atoms with Gasteiger partial charge in [0, 0.05) is 23.8 Å². The van der Waals surface area contributed by atoms with E-state index in [1.54, 1.807) is 30.6 Å². The van der Waals surface area contributed by atoms with Crippen molar-refractivity contribution in [1.29, 1.82) is 0 Å². The van der Waals surface area contributed by atoms with Crippen LogP contribution in [0.1, 0.15) is 5.56 Å². The van der Waals surface area contributed by atoms with E-state index in [-0.39, 0.29) is 12.3 Å². The molecule has 5 nitrogen and oxygen atoms in total. The maximum atomic E-state index is 12.0. The number of aromatic nitrogens is 2. The molecule has 0 saturated carbocycles. The van der Waals surface area contributed by atoms with E-state index in [0.29, 0.717) is 11.4 Å². The molecular formula is C16H14N4O. The summed E-state index contributed by atoms with van der Waals surface area (Å²) in [7, 11) is 0. The standard InChI is InChI=1S/C16H14N4O/c17-12-3-1-2-11(8-12)9-16(21)20-13-4-5-14-15(10-13)19-7-6-18-14/h1-8,10H,9,17H2,(H,20,21). The molecule has 21 heavy (non-hydrogen) atoms. The van der Waals surface area contributed by atoms with E-state index in [0.717, 1.165) is 16.6 Å². The van der Waals surface area contributed by atoms with Gasteiger partial charge in [0.15, 0.2) is 0 Å². The molecule has 0 saturated heterocycles. The van der Waals surface area contributed by atoms with E-state index in [2.05, 4.69) is 15.3 Å². The van der Waals surface area contributed by atoms with Crippen molar-refractivity contribution in [1.82, 2.24) is 9.97 Å². The fraction of sp³-hybridized carbons (Fsp3) is 0.0625. The largest absolute Gasteiger partial charge is 0.399 e. The lowest BCUT2D eigenvalue weighted by atomic mass is 10.1. The Bertz CT molecular complexity index is 801. The number of fused-ring (bicyclic) bond motifs is 1. The van der Waals surface area contributed by atoms with Crippen LogP contribution in [0.15, 0.2) is 54.9 Å². The Hall–Kier alpha value is -2.95. The van der Waals surface area contributed by atoms with Crippen molar-refractivity contribution < 1.29 is 4.79 Å². The molecule has 2 aromatic carbocycles. The summed E-state index contributed by atoms with van der Waals surface area (Å²) in [5.74, 6) is -0.0937. The van der Waals surface area contributed by atoms with E-state index in [1.165, 1.54) is 0 Å². The molecule has 3 N–H and O–H groups in total. The molecule has 0 fully saturated rings. The molecule has 1 aromatic heterocycles. The first kappa shape index (κ1) is 13.1. The van der Waals surface area contributed by atoms with Crippen molar-refractivity contribution >= 4 is 28.3 Å². The second-order valence-corrected chi connectivity index (χ2v) is 4.73. The fourth-order valence-electron chi connectivity index (χ4n) is 2.13. The van der Waals surface area contributed by atoms with Crippen molar-refractivity contribution in [2.24, 2.45) is 0 Å². The number of hydrogen-bond acceptors (Lipinski definition) is 4. The van der Waals surface area contributed by atoms with E-state index < -0.39 is 0 Å². The Balaban J connectivity index is 1.74. The molecule has 0 spiro atoms. The van der Waals surface area contributed by atoms with Crippen LogP contribution < -0.4 is 11.1 Å². The number of benzene rings is 2. The molecule has 104 valence electrons. The number of nitrogens with two attached hydrogens (primary N) is 1. The molecule has 5 heteroatoms. The minimum absolute atomic E-state index is 0.0937. The summed E-state index contributed by atoms with van der Waals surface area (Å²) < 4.78 is 0. The third kappa shape index (κ3) is 3.14. The van der Waals surface area contributed by atoms with Gasteiger partial charge in [0.25, 0.3) is 0 Å². The van der Waals surface area contributed by atoms with Crippen molar-refractivity contribution in [2.75, 3.05) is 11.1 Å². The Morgan fingerprint density at radius 3 is 2.67 bits per heavy atom. The summed E-state index contributed by atoms with van der Waals surface area (Å²) in [5, 5.41) is 2.85. The quantitative estimate of drug-likeness (QED) is 0.721. The van der Waals surface area contributed by atoms with Crippen molar-refractivity contribution in [3.63, 3.8) is 0 Å². The van der Waals surface area contributed by atoms with Crippen LogP contribution >= 0.6 is 0 Å². The highest BCUT2D eigenvalue weighted by atomic mass is 16.1. The van der Waals surface area contributed by atoms with Gasteiger partial charge >= 0.3 is 0 Å². The lowest BCUT2D eigenvalue weighted by Crippen LogP contribution is -2.14. The van der Waals surface area contributed by atoms with Gasteiger partial charge in [-0.25, -0.2) is 0 Å². The third-order valence-electron chi connectivity index (χ3n) is 3.07. The smallest absolute Gasteiger partial charge is 0.228 e. The van der Waals surface area contributed by atoms with Crippen LogP contribution in [0.2, 0.25) is 0 Å². The van der Waals surface area contributed by atoms with Gasteiger partial charge in [-0.3, -0.25) is 14.8 Å². The fourth-order valence-corrected chi connectivity index (χ4v) is 2.13. The molecule has 1 heterocycles.